The predicted octanol–water partition coefficient (Wildman–Crippen LogP) is 3.45. The molecule has 4 heteroatoms. The van der Waals surface area contributed by atoms with Gasteiger partial charge in [-0.25, -0.2) is 4.39 Å². The summed E-state index contributed by atoms with van der Waals surface area (Å²) in [5.74, 6) is 5.25. The molecule has 0 aliphatic carbocycles. The summed E-state index contributed by atoms with van der Waals surface area (Å²) < 4.78 is 13.7. The van der Waals surface area contributed by atoms with Gasteiger partial charge < -0.3 is 0 Å². The Bertz CT molecular complexity index is 379. The summed E-state index contributed by atoms with van der Waals surface area (Å²) in [5.41, 5.74) is 4.78. The second kappa shape index (κ2) is 6.13. The molecule has 1 unspecified atom stereocenters. The molecule has 1 aromatic carbocycles. The van der Waals surface area contributed by atoms with Gasteiger partial charge in [-0.05, 0) is 30.5 Å². The van der Waals surface area contributed by atoms with Crippen LogP contribution in [0.1, 0.15) is 31.4 Å². The Hall–Kier alpha value is -0.710. The lowest BCUT2D eigenvalue weighted by atomic mass is 9.99. The fraction of sp³-hybridized carbons (Fsp3) is 0.333. The maximum absolute atomic E-state index is 12.9. The number of halogens is 2. The van der Waals surface area contributed by atoms with E-state index in [2.05, 4.69) is 34.9 Å². The van der Waals surface area contributed by atoms with Crippen LogP contribution in [-0.4, -0.2) is 0 Å². The zero-order valence-corrected chi connectivity index (χ0v) is 10.8. The molecule has 0 heterocycles. The van der Waals surface area contributed by atoms with Crippen LogP contribution in [0.4, 0.5) is 4.39 Å². The van der Waals surface area contributed by atoms with Gasteiger partial charge in [0.2, 0.25) is 0 Å². The fourth-order valence-electron chi connectivity index (χ4n) is 1.48. The Morgan fingerprint density at radius 3 is 2.81 bits per heavy atom. The number of hydrogen-bond acceptors (Lipinski definition) is 2. The highest BCUT2D eigenvalue weighted by atomic mass is 79.9. The SMILES string of the molecule is C=C(CC)CC(NN)c1ccc(F)cc1Br. The molecule has 0 saturated carbocycles. The second-order valence-electron chi connectivity index (χ2n) is 3.69. The van der Waals surface area contributed by atoms with Gasteiger partial charge in [0.1, 0.15) is 5.82 Å². The molecule has 0 amide bonds. The van der Waals surface area contributed by atoms with E-state index in [1.54, 1.807) is 6.07 Å². The van der Waals surface area contributed by atoms with Crippen LogP contribution in [0, 0.1) is 5.82 Å². The van der Waals surface area contributed by atoms with Gasteiger partial charge in [0.05, 0.1) is 6.04 Å². The van der Waals surface area contributed by atoms with Gasteiger partial charge in [0.15, 0.2) is 0 Å². The van der Waals surface area contributed by atoms with Crippen LogP contribution in [0.15, 0.2) is 34.8 Å². The van der Waals surface area contributed by atoms with Crippen LogP contribution in [0.25, 0.3) is 0 Å². The minimum atomic E-state index is -0.263. The van der Waals surface area contributed by atoms with Gasteiger partial charge in [-0.15, -0.1) is 0 Å². The summed E-state index contributed by atoms with van der Waals surface area (Å²) in [6, 6.07) is 4.56. The largest absolute Gasteiger partial charge is 0.271 e. The standard InChI is InChI=1S/C12H16BrFN2/c1-3-8(2)6-12(16-15)10-5-4-9(14)7-11(10)13/h4-5,7,12,16H,2-3,6,15H2,1H3. The number of hydrazine groups is 1. The van der Waals surface area contributed by atoms with E-state index in [4.69, 9.17) is 5.84 Å². The summed E-state index contributed by atoms with van der Waals surface area (Å²) in [4.78, 5) is 0. The second-order valence-corrected chi connectivity index (χ2v) is 4.55. The lowest BCUT2D eigenvalue weighted by molar-refractivity contribution is 0.540. The van der Waals surface area contributed by atoms with Crippen molar-refractivity contribution in [1.82, 2.24) is 5.43 Å². The first-order valence-corrected chi connectivity index (χ1v) is 5.95. The van der Waals surface area contributed by atoms with E-state index >= 15 is 0 Å². The average molecular weight is 287 g/mol. The lowest BCUT2D eigenvalue weighted by Gasteiger charge is -2.18. The monoisotopic (exact) mass is 286 g/mol. The maximum atomic E-state index is 12.9. The highest BCUT2D eigenvalue weighted by Crippen LogP contribution is 2.28. The van der Waals surface area contributed by atoms with Crippen molar-refractivity contribution in [1.29, 1.82) is 0 Å². The van der Waals surface area contributed by atoms with Gasteiger partial charge >= 0.3 is 0 Å². The molecule has 16 heavy (non-hydrogen) atoms. The minimum Gasteiger partial charge on any atom is -0.271 e. The molecule has 0 radical (unpaired) electrons. The molecule has 1 atom stereocenters. The molecule has 0 bridgehead atoms. The smallest absolute Gasteiger partial charge is 0.124 e. The molecule has 0 aliphatic rings. The molecule has 0 fully saturated rings. The van der Waals surface area contributed by atoms with Gasteiger partial charge in [-0.1, -0.05) is 41.1 Å². The van der Waals surface area contributed by atoms with Crippen LogP contribution >= 0.6 is 15.9 Å². The van der Waals surface area contributed by atoms with Crippen LogP contribution in [-0.2, 0) is 0 Å². The van der Waals surface area contributed by atoms with E-state index < -0.39 is 0 Å². The Kier molecular flexibility index (Phi) is 5.12. The number of benzene rings is 1. The van der Waals surface area contributed by atoms with Crippen LogP contribution < -0.4 is 11.3 Å². The first-order chi connectivity index (χ1) is 7.58. The van der Waals surface area contributed by atoms with Gasteiger partial charge in [0, 0.05) is 4.47 Å². The number of nitrogens with one attached hydrogen (secondary N) is 1. The van der Waals surface area contributed by atoms with Crippen molar-refractivity contribution in [2.24, 2.45) is 5.84 Å². The first-order valence-electron chi connectivity index (χ1n) is 5.16. The Morgan fingerprint density at radius 1 is 1.62 bits per heavy atom. The van der Waals surface area contributed by atoms with Crippen molar-refractivity contribution in [2.45, 2.75) is 25.8 Å². The Balaban J connectivity index is 2.90. The van der Waals surface area contributed by atoms with Crippen molar-refractivity contribution in [3.05, 3.63) is 46.2 Å². The molecule has 2 nitrogen and oxygen atoms in total. The minimum absolute atomic E-state index is 0.0394. The third-order valence-electron chi connectivity index (χ3n) is 2.53. The summed E-state index contributed by atoms with van der Waals surface area (Å²) in [7, 11) is 0. The molecular formula is C12H16BrFN2. The third-order valence-corrected chi connectivity index (χ3v) is 3.22. The highest BCUT2D eigenvalue weighted by Gasteiger charge is 2.14. The van der Waals surface area contributed by atoms with Crippen LogP contribution in [0.2, 0.25) is 0 Å². The van der Waals surface area contributed by atoms with E-state index in [1.165, 1.54) is 12.1 Å². The number of rotatable bonds is 5. The molecule has 3 N–H and O–H groups in total. The van der Waals surface area contributed by atoms with E-state index in [9.17, 15) is 4.39 Å². The Morgan fingerprint density at radius 2 is 2.31 bits per heavy atom. The van der Waals surface area contributed by atoms with Gasteiger partial charge in [0.25, 0.3) is 0 Å². The quantitative estimate of drug-likeness (QED) is 0.494. The summed E-state index contributed by atoms with van der Waals surface area (Å²) >= 11 is 3.34. The molecule has 0 saturated heterocycles. The van der Waals surface area contributed by atoms with Crippen molar-refractivity contribution < 1.29 is 4.39 Å². The summed E-state index contributed by atoms with van der Waals surface area (Å²) in [5, 5.41) is 0. The molecule has 0 aliphatic heterocycles. The summed E-state index contributed by atoms with van der Waals surface area (Å²) in [6.45, 7) is 6.00. The molecular weight excluding hydrogens is 271 g/mol. The van der Waals surface area contributed by atoms with Crippen molar-refractivity contribution in [3.8, 4) is 0 Å². The predicted molar refractivity (Wildman–Crippen MR) is 68.2 cm³/mol. The van der Waals surface area contributed by atoms with Crippen molar-refractivity contribution in [2.75, 3.05) is 0 Å². The topological polar surface area (TPSA) is 38.0 Å². The third kappa shape index (κ3) is 3.40. The van der Waals surface area contributed by atoms with E-state index in [0.717, 1.165) is 28.5 Å². The van der Waals surface area contributed by atoms with Gasteiger partial charge in [-0.2, -0.15) is 0 Å². The average Bonchev–Trinajstić information content (AvgIpc) is 2.26. The molecule has 88 valence electrons. The van der Waals surface area contributed by atoms with E-state index in [0.29, 0.717) is 0 Å². The van der Waals surface area contributed by atoms with Crippen molar-refractivity contribution in [3.63, 3.8) is 0 Å². The zero-order chi connectivity index (χ0) is 12.1. The maximum Gasteiger partial charge on any atom is 0.124 e. The first kappa shape index (κ1) is 13.4. The number of nitrogens with two attached hydrogens (primary N) is 1. The van der Waals surface area contributed by atoms with Crippen molar-refractivity contribution >= 4 is 15.9 Å². The Labute approximate surface area is 104 Å². The molecule has 0 spiro atoms. The molecule has 0 aromatic heterocycles. The van der Waals surface area contributed by atoms with Crippen LogP contribution in [0.3, 0.4) is 0 Å². The van der Waals surface area contributed by atoms with E-state index in [1.807, 2.05) is 0 Å². The van der Waals surface area contributed by atoms with E-state index in [-0.39, 0.29) is 11.9 Å². The molecule has 1 rings (SSSR count). The highest BCUT2D eigenvalue weighted by molar-refractivity contribution is 9.10. The molecule has 1 aromatic rings. The van der Waals surface area contributed by atoms with Gasteiger partial charge in [-0.3, -0.25) is 11.3 Å². The lowest BCUT2D eigenvalue weighted by Crippen LogP contribution is -2.28. The fourth-order valence-corrected chi connectivity index (χ4v) is 2.10. The summed E-state index contributed by atoms with van der Waals surface area (Å²) in [6.07, 6.45) is 1.66. The number of hydrogen-bond donors (Lipinski definition) is 2. The normalized spacial score (nSPS) is 12.5. The van der Waals surface area contributed by atoms with Crippen LogP contribution in [0.5, 0.6) is 0 Å². The zero-order valence-electron chi connectivity index (χ0n) is 9.26.